The second kappa shape index (κ2) is 10.8. The Kier molecular flexibility index (Phi) is 7.47. The first-order valence-corrected chi connectivity index (χ1v) is 16.2. The van der Waals surface area contributed by atoms with Crippen LogP contribution in [0.1, 0.15) is 101 Å². The number of rotatable bonds is 4. The molecule has 6 unspecified atom stereocenters. The minimum absolute atomic E-state index is 0.00236. The van der Waals surface area contributed by atoms with E-state index < -0.39 is 0 Å². The molecule has 0 aromatic heterocycles. The van der Waals surface area contributed by atoms with E-state index in [1.165, 1.54) is 27.2 Å². The summed E-state index contributed by atoms with van der Waals surface area (Å²) < 4.78 is 0. The molecular weight excluding hydrogens is 522 g/mol. The summed E-state index contributed by atoms with van der Waals surface area (Å²) in [7, 11) is 1.74. The van der Waals surface area contributed by atoms with Crippen LogP contribution >= 0.6 is 0 Å². The zero-order valence-corrected chi connectivity index (χ0v) is 25.8. The van der Waals surface area contributed by atoms with Crippen molar-refractivity contribution in [2.24, 2.45) is 23.7 Å². The number of nitrogens with zero attached hydrogens (tertiary/aromatic N) is 1. The molecule has 0 bridgehead atoms. The number of aryl methyl sites for hydroxylation is 2. The van der Waals surface area contributed by atoms with Crippen LogP contribution in [0.2, 0.25) is 0 Å². The lowest BCUT2D eigenvalue weighted by Gasteiger charge is -2.51. The topological polar surface area (TPSA) is 92.5 Å². The van der Waals surface area contributed by atoms with Crippen LogP contribution in [0.3, 0.4) is 0 Å². The Balaban J connectivity index is 1.24. The lowest BCUT2D eigenvalue weighted by molar-refractivity contribution is -0.154. The summed E-state index contributed by atoms with van der Waals surface area (Å²) in [5, 5.41) is 3.03. The Bertz CT molecular complexity index is 1420. The fourth-order valence-corrected chi connectivity index (χ4v) is 9.56. The summed E-state index contributed by atoms with van der Waals surface area (Å²) in [5.41, 5.74) is 12.8. The Hall–Kier alpha value is -3.15. The molecule has 3 N–H and O–H groups in total. The first-order valence-electron chi connectivity index (χ1n) is 16.2. The molecule has 0 radical (unpaired) electrons. The maximum absolute atomic E-state index is 14.3. The third-order valence-electron chi connectivity index (χ3n) is 11.9. The number of nitrogen functional groups attached to an aromatic ring is 1. The molecule has 0 saturated heterocycles. The highest BCUT2D eigenvalue weighted by Crippen LogP contribution is 2.55. The number of hydrogen-bond donors (Lipinski definition) is 2. The summed E-state index contributed by atoms with van der Waals surface area (Å²) >= 11 is 0. The molecule has 0 aliphatic heterocycles. The van der Waals surface area contributed by atoms with Gasteiger partial charge in [0.1, 0.15) is 0 Å². The van der Waals surface area contributed by atoms with Crippen LogP contribution in [-0.4, -0.2) is 29.7 Å². The number of nitrogens with two attached hydrogens (primary N) is 1. The summed E-state index contributed by atoms with van der Waals surface area (Å²) in [5.74, 6) is 0.116. The van der Waals surface area contributed by atoms with Crippen molar-refractivity contribution < 1.29 is 14.4 Å². The van der Waals surface area contributed by atoms with Gasteiger partial charge in [-0.05, 0) is 121 Å². The molecule has 6 rings (SSSR count). The molecule has 6 atom stereocenters. The average molecular weight is 570 g/mol. The van der Waals surface area contributed by atoms with Crippen LogP contribution in [0.5, 0.6) is 0 Å². The van der Waals surface area contributed by atoms with E-state index in [1.807, 2.05) is 19.1 Å². The number of carbonyl (C=O) groups is 3. The van der Waals surface area contributed by atoms with Crippen LogP contribution < -0.4 is 11.1 Å². The Labute approximate surface area is 250 Å². The second-order valence-corrected chi connectivity index (χ2v) is 14.0. The van der Waals surface area contributed by atoms with Gasteiger partial charge in [0.15, 0.2) is 0 Å². The van der Waals surface area contributed by atoms with Gasteiger partial charge in [0, 0.05) is 36.7 Å². The van der Waals surface area contributed by atoms with E-state index in [9.17, 15) is 14.4 Å². The van der Waals surface area contributed by atoms with Crippen LogP contribution in [-0.2, 0) is 38.1 Å². The number of amides is 3. The largest absolute Gasteiger partial charge is 0.399 e. The summed E-state index contributed by atoms with van der Waals surface area (Å²) in [6.45, 7) is 6.48. The number of carbonyl (C=O) groups excluding carboxylic acids is 3. The van der Waals surface area contributed by atoms with E-state index in [0.717, 1.165) is 75.6 Å². The van der Waals surface area contributed by atoms with Crippen molar-refractivity contribution in [3.05, 3.63) is 58.7 Å². The first-order chi connectivity index (χ1) is 20.1. The van der Waals surface area contributed by atoms with Gasteiger partial charge in [-0.1, -0.05) is 45.7 Å². The highest BCUT2D eigenvalue weighted by Gasteiger charge is 2.52. The number of benzene rings is 2. The maximum atomic E-state index is 14.3. The van der Waals surface area contributed by atoms with Crippen molar-refractivity contribution in [2.75, 3.05) is 18.1 Å². The Morgan fingerprint density at radius 2 is 1.36 bits per heavy atom. The number of anilines is 2. The van der Waals surface area contributed by atoms with E-state index in [1.54, 1.807) is 7.05 Å². The SMILES string of the molecule is CCC(=O)Nc1ccc2c(c1)C1(C)CCCC(C(=O)N(C)C(=O)C3CCCC4(C)c5cc(N)ccc5CCC34)C1CC2. The first kappa shape index (κ1) is 28.9. The second-order valence-electron chi connectivity index (χ2n) is 14.0. The zero-order valence-electron chi connectivity index (χ0n) is 25.8. The predicted molar refractivity (Wildman–Crippen MR) is 167 cm³/mol. The van der Waals surface area contributed by atoms with Crippen LogP contribution in [0.15, 0.2) is 36.4 Å². The van der Waals surface area contributed by atoms with Gasteiger partial charge in [0.2, 0.25) is 17.7 Å². The fraction of sp³-hybridized carbons (Fsp3) is 0.583. The highest BCUT2D eigenvalue weighted by atomic mass is 16.2. The molecule has 2 aromatic rings. The monoisotopic (exact) mass is 569 g/mol. The molecule has 6 nitrogen and oxygen atoms in total. The molecule has 3 amide bonds. The van der Waals surface area contributed by atoms with Crippen molar-refractivity contribution in [3.63, 3.8) is 0 Å². The zero-order chi connectivity index (χ0) is 29.8. The van der Waals surface area contributed by atoms with Crippen molar-refractivity contribution in [1.29, 1.82) is 0 Å². The number of imide groups is 1. The van der Waals surface area contributed by atoms with Crippen molar-refractivity contribution >= 4 is 29.1 Å². The van der Waals surface area contributed by atoms with Gasteiger partial charge in [-0.3, -0.25) is 19.3 Å². The van der Waals surface area contributed by atoms with Gasteiger partial charge in [-0.15, -0.1) is 0 Å². The Morgan fingerprint density at radius 3 is 1.90 bits per heavy atom. The van der Waals surface area contributed by atoms with E-state index in [4.69, 9.17) is 5.73 Å². The minimum Gasteiger partial charge on any atom is -0.399 e. The molecule has 2 saturated carbocycles. The predicted octanol–water partition coefficient (Wildman–Crippen LogP) is 6.54. The highest BCUT2D eigenvalue weighted by molar-refractivity contribution is 5.97. The quantitative estimate of drug-likeness (QED) is 0.323. The molecule has 0 heterocycles. The van der Waals surface area contributed by atoms with E-state index in [2.05, 4.69) is 43.4 Å². The number of hydrogen-bond acceptors (Lipinski definition) is 4. The van der Waals surface area contributed by atoms with Crippen molar-refractivity contribution in [3.8, 4) is 0 Å². The number of nitrogens with one attached hydrogen (secondary N) is 1. The summed E-state index contributed by atoms with van der Waals surface area (Å²) in [6.07, 6.45) is 9.93. The maximum Gasteiger partial charge on any atom is 0.232 e. The van der Waals surface area contributed by atoms with Crippen molar-refractivity contribution in [1.82, 2.24) is 4.90 Å². The van der Waals surface area contributed by atoms with Gasteiger partial charge in [0.25, 0.3) is 0 Å². The molecule has 4 aliphatic carbocycles. The minimum atomic E-state index is -0.165. The lowest BCUT2D eigenvalue weighted by atomic mass is 9.54. The molecule has 0 spiro atoms. The van der Waals surface area contributed by atoms with Crippen LogP contribution in [0.4, 0.5) is 11.4 Å². The van der Waals surface area contributed by atoms with Crippen molar-refractivity contribution in [2.45, 2.75) is 102 Å². The van der Waals surface area contributed by atoms with Gasteiger partial charge < -0.3 is 11.1 Å². The van der Waals surface area contributed by atoms with Crippen LogP contribution in [0, 0.1) is 23.7 Å². The molecule has 6 heteroatoms. The van der Waals surface area contributed by atoms with E-state index in [0.29, 0.717) is 6.42 Å². The lowest BCUT2D eigenvalue weighted by Crippen LogP contribution is -2.53. The molecule has 42 heavy (non-hydrogen) atoms. The van der Waals surface area contributed by atoms with Gasteiger partial charge in [-0.2, -0.15) is 0 Å². The standard InChI is InChI=1S/C36H47N3O3/c1-5-32(40)38-25-15-11-23-13-17-29-27(9-7-19-36(29,3)31(23)21-25)34(42)39(4)33(41)26-8-6-18-35(2)28(26)16-12-22-10-14-24(37)20-30(22)35/h10-11,14-15,20-21,26-29H,5-9,12-13,16-19,37H2,1-4H3,(H,38,40). The molecule has 2 fully saturated rings. The third kappa shape index (κ3) is 4.66. The normalized spacial score (nSPS) is 31.5. The van der Waals surface area contributed by atoms with Gasteiger partial charge in [-0.25, -0.2) is 0 Å². The molecule has 2 aromatic carbocycles. The fourth-order valence-electron chi connectivity index (χ4n) is 9.56. The van der Waals surface area contributed by atoms with E-state index in [-0.39, 0.29) is 52.2 Å². The van der Waals surface area contributed by atoms with Crippen LogP contribution in [0.25, 0.3) is 0 Å². The number of fused-ring (bicyclic) bond motifs is 6. The van der Waals surface area contributed by atoms with Gasteiger partial charge in [0.05, 0.1) is 0 Å². The van der Waals surface area contributed by atoms with E-state index >= 15 is 0 Å². The molecular formula is C36H47N3O3. The molecule has 224 valence electrons. The third-order valence-corrected chi connectivity index (χ3v) is 11.9. The summed E-state index contributed by atoms with van der Waals surface area (Å²) in [4.78, 5) is 42.1. The van der Waals surface area contributed by atoms with Gasteiger partial charge >= 0.3 is 0 Å². The summed E-state index contributed by atoms with van der Waals surface area (Å²) in [6, 6.07) is 12.6. The molecule has 4 aliphatic rings. The smallest absolute Gasteiger partial charge is 0.232 e. The average Bonchev–Trinajstić information content (AvgIpc) is 2.99. The Morgan fingerprint density at radius 1 is 0.833 bits per heavy atom.